The third-order valence-corrected chi connectivity index (χ3v) is 9.25. The third kappa shape index (κ3) is 7.42. The highest BCUT2D eigenvalue weighted by atomic mass is 19.1. The van der Waals surface area contributed by atoms with Crippen molar-refractivity contribution < 1.29 is 64.6 Å². The number of benzene rings is 3. The Morgan fingerprint density at radius 3 is 1.87 bits per heavy atom. The molecule has 1 saturated carbocycles. The zero-order valence-electron chi connectivity index (χ0n) is 28.9. The van der Waals surface area contributed by atoms with Crippen LogP contribution in [0.1, 0.15) is 81.4 Å². The van der Waals surface area contributed by atoms with Gasteiger partial charge in [-0.3, -0.25) is 0 Å². The van der Waals surface area contributed by atoms with Crippen LogP contribution in [-0.2, 0) is 0 Å². The van der Waals surface area contributed by atoms with E-state index in [-0.39, 0.29) is 46.3 Å². The first kappa shape index (κ1) is 44.8. The van der Waals surface area contributed by atoms with Crippen LogP contribution in [-0.4, -0.2) is 104 Å². The van der Waals surface area contributed by atoms with Gasteiger partial charge in [0, 0.05) is 41.2 Å². The Balaban J connectivity index is 0.000000983. The number of aliphatic hydroxyl groups excluding tert-OH is 2. The number of rotatable bonds is 8. The lowest BCUT2D eigenvalue weighted by Crippen LogP contribution is -2.84. The molecule has 292 valence electrons. The number of aromatic nitrogens is 1. The first-order valence-corrected chi connectivity index (χ1v) is 16.2. The summed E-state index contributed by atoms with van der Waals surface area (Å²) in [5.41, 5.74) is 0.768. The van der Waals surface area contributed by atoms with E-state index in [1.807, 2.05) is 0 Å². The molecule has 5 rings (SSSR count). The first-order valence-electron chi connectivity index (χ1n) is 16.2. The molecule has 13 N–H and O–H groups in total. The highest BCUT2D eigenvalue weighted by Crippen LogP contribution is 2.56. The fraction of sp³-hybridized carbons (Fsp3) is 0.405. The average Bonchev–Trinajstić information content (AvgIpc) is 3.43. The summed E-state index contributed by atoms with van der Waals surface area (Å²) in [6, 6.07) is 10.2. The second-order valence-corrected chi connectivity index (χ2v) is 12.5. The molecule has 1 aromatic heterocycles. The van der Waals surface area contributed by atoms with E-state index in [4.69, 9.17) is 16.2 Å². The summed E-state index contributed by atoms with van der Waals surface area (Å²) in [5.74, 6) is -18.3. The monoisotopic (exact) mass is 749 g/mol. The number of carbonyl (C=O) groups is 1. The summed E-state index contributed by atoms with van der Waals surface area (Å²) >= 11 is 0. The van der Waals surface area contributed by atoms with Gasteiger partial charge in [-0.1, -0.05) is 59.1 Å². The van der Waals surface area contributed by atoms with Crippen LogP contribution >= 0.6 is 0 Å². The van der Waals surface area contributed by atoms with Crippen molar-refractivity contribution >= 4 is 28.8 Å². The van der Waals surface area contributed by atoms with E-state index in [9.17, 15) is 55.1 Å². The molecule has 1 aliphatic rings. The molecule has 3 aromatic carbocycles. The topological polar surface area (TPSA) is 274 Å². The molecule has 16 heteroatoms. The number of nitrogens with zero attached hydrogens (tertiary/aromatic N) is 1. The van der Waals surface area contributed by atoms with Gasteiger partial charge in [0.2, 0.25) is 0 Å². The number of aromatic carboxylic acids is 1. The van der Waals surface area contributed by atoms with E-state index in [0.29, 0.717) is 6.92 Å². The predicted molar refractivity (Wildman–Crippen MR) is 193 cm³/mol. The van der Waals surface area contributed by atoms with E-state index >= 15 is 4.39 Å². The molecule has 1 aliphatic carbocycles. The van der Waals surface area contributed by atoms with Gasteiger partial charge in [0.05, 0.1) is 22.7 Å². The van der Waals surface area contributed by atoms with Crippen LogP contribution in [0.4, 0.5) is 14.5 Å². The number of halogens is 2. The van der Waals surface area contributed by atoms with Crippen molar-refractivity contribution in [3.05, 3.63) is 83.1 Å². The summed E-state index contributed by atoms with van der Waals surface area (Å²) in [5, 5.41) is 111. The Morgan fingerprint density at radius 1 is 0.906 bits per heavy atom. The standard InChI is InChI=1S/C29H27F2N3O10.C6H14.CH4O.CH4/c1-26(38)20(24(35)27(39,40)29(43,44)28(26,41)42)23-18(12-2-4-13(5-3-12)25(36)37)19-17(10-14(11-32)22(33)21(19)31)34(23)16-8-6-15(30)7-9-16;1-3-5-6-4-2;1-2;/h2-11,20,24,32,35,38-44H,33H2,1H3,(H,36,37);3-6H2,1-2H3;2H,1H3;1H4. The average molecular weight is 750 g/mol. The van der Waals surface area contributed by atoms with Crippen LogP contribution in [0.2, 0.25) is 0 Å². The highest BCUT2D eigenvalue weighted by molar-refractivity contribution is 6.05. The number of nitrogens with one attached hydrogen (secondary N) is 1. The van der Waals surface area contributed by atoms with Crippen molar-refractivity contribution in [1.29, 1.82) is 5.41 Å². The van der Waals surface area contributed by atoms with E-state index in [1.165, 1.54) is 56.0 Å². The van der Waals surface area contributed by atoms with Crippen LogP contribution in [0.15, 0.2) is 54.6 Å². The van der Waals surface area contributed by atoms with Gasteiger partial charge < -0.3 is 66.8 Å². The van der Waals surface area contributed by atoms with Gasteiger partial charge in [-0.25, -0.2) is 13.6 Å². The molecule has 0 radical (unpaired) electrons. The Labute approximate surface area is 304 Å². The smallest absolute Gasteiger partial charge is 0.335 e. The highest BCUT2D eigenvalue weighted by Gasteiger charge is 2.79. The molecule has 0 saturated heterocycles. The van der Waals surface area contributed by atoms with Crippen LogP contribution in [0, 0.1) is 17.0 Å². The normalized spacial score (nSPS) is 21.0. The van der Waals surface area contributed by atoms with Gasteiger partial charge in [-0.05, 0) is 55.0 Å². The number of carboxylic acid groups (broad SMARTS) is 1. The van der Waals surface area contributed by atoms with Gasteiger partial charge in [-0.2, -0.15) is 0 Å². The van der Waals surface area contributed by atoms with Crippen LogP contribution in [0.5, 0.6) is 0 Å². The van der Waals surface area contributed by atoms with Gasteiger partial charge >= 0.3 is 5.97 Å². The maximum Gasteiger partial charge on any atom is 0.335 e. The fourth-order valence-corrected chi connectivity index (χ4v) is 6.30. The number of nitrogen functional groups attached to an aromatic ring is 1. The van der Waals surface area contributed by atoms with Crippen molar-refractivity contribution in [1.82, 2.24) is 4.57 Å². The first-order chi connectivity index (χ1) is 24.2. The minimum absolute atomic E-state index is 0. The number of aliphatic hydroxyl groups is 9. The van der Waals surface area contributed by atoms with E-state index in [1.54, 1.807) is 0 Å². The SMILES string of the molecule is C.CC1(O)C(c2c(-c3ccc(C(=O)O)cc3)c3c(F)c(N)c(C=N)cc3n2-c2ccc(F)cc2)C(O)C(O)(O)C(O)(O)C1(O)O.CCCCCC.CO. The largest absolute Gasteiger partial charge is 0.478 e. The molecule has 0 aliphatic heterocycles. The molecule has 3 atom stereocenters. The van der Waals surface area contributed by atoms with Crippen LogP contribution < -0.4 is 5.73 Å². The molecule has 0 spiro atoms. The number of anilines is 1. The van der Waals surface area contributed by atoms with Crippen LogP contribution in [0.3, 0.4) is 0 Å². The van der Waals surface area contributed by atoms with Crippen molar-refractivity contribution in [2.45, 2.75) is 88.9 Å². The minimum Gasteiger partial charge on any atom is -0.478 e. The molecule has 53 heavy (non-hydrogen) atoms. The van der Waals surface area contributed by atoms with Gasteiger partial charge in [0.1, 0.15) is 17.5 Å². The lowest BCUT2D eigenvalue weighted by molar-refractivity contribution is -0.516. The summed E-state index contributed by atoms with van der Waals surface area (Å²) in [6.07, 6.45) is 3.38. The zero-order chi connectivity index (χ0) is 39.6. The maximum atomic E-state index is 16.3. The summed E-state index contributed by atoms with van der Waals surface area (Å²) in [4.78, 5) is 11.5. The number of hydrogen-bond acceptors (Lipinski definition) is 12. The van der Waals surface area contributed by atoms with Crippen molar-refractivity contribution in [2.24, 2.45) is 0 Å². The lowest BCUT2D eigenvalue weighted by atomic mass is 9.62. The second kappa shape index (κ2) is 16.8. The summed E-state index contributed by atoms with van der Waals surface area (Å²) in [6.45, 7) is 5.10. The zero-order valence-corrected chi connectivity index (χ0v) is 28.9. The van der Waals surface area contributed by atoms with E-state index in [0.717, 1.165) is 42.2 Å². The molecule has 3 unspecified atom stereocenters. The number of unbranched alkanes of at least 4 members (excludes halogenated alkanes) is 3. The summed E-state index contributed by atoms with van der Waals surface area (Å²) < 4.78 is 31.4. The van der Waals surface area contributed by atoms with E-state index in [2.05, 4.69) is 13.8 Å². The van der Waals surface area contributed by atoms with Crippen molar-refractivity contribution in [2.75, 3.05) is 12.8 Å². The molecular weight excluding hydrogens is 700 g/mol. The molecular formula is C37H49F2N3O11. The van der Waals surface area contributed by atoms with Crippen LogP contribution in [0.25, 0.3) is 27.7 Å². The maximum absolute atomic E-state index is 16.3. The molecule has 0 amide bonds. The molecule has 1 heterocycles. The number of hydrogen-bond donors (Lipinski definition) is 12. The number of fused-ring (bicyclic) bond motifs is 1. The second-order valence-electron chi connectivity index (χ2n) is 12.5. The molecule has 14 nitrogen and oxygen atoms in total. The number of carboxylic acids is 1. The molecule has 0 bridgehead atoms. The summed E-state index contributed by atoms with van der Waals surface area (Å²) in [7, 11) is 1.00. The Hall–Kier alpha value is -4.36. The lowest BCUT2D eigenvalue weighted by Gasteiger charge is -2.58. The Kier molecular flexibility index (Phi) is 14.2. The molecule has 1 fully saturated rings. The fourth-order valence-electron chi connectivity index (χ4n) is 6.30. The minimum atomic E-state index is -4.38. The van der Waals surface area contributed by atoms with Gasteiger partial charge in [0.25, 0.3) is 17.4 Å². The van der Waals surface area contributed by atoms with Gasteiger partial charge in [-0.15, -0.1) is 0 Å². The predicted octanol–water partition coefficient (Wildman–Crippen LogP) is 2.94. The Morgan fingerprint density at radius 2 is 1.42 bits per heavy atom. The molecule has 4 aromatic rings. The van der Waals surface area contributed by atoms with Crippen molar-refractivity contribution in [3.8, 4) is 16.8 Å². The van der Waals surface area contributed by atoms with E-state index < -0.39 is 64.0 Å². The number of nitrogens with two attached hydrogens (primary N) is 1. The quantitative estimate of drug-likeness (QED) is 0.0537. The van der Waals surface area contributed by atoms with Gasteiger partial charge in [0.15, 0.2) is 5.82 Å². The third-order valence-electron chi connectivity index (χ3n) is 9.25. The van der Waals surface area contributed by atoms with Crippen molar-refractivity contribution in [3.63, 3.8) is 0 Å². The Bertz CT molecular complexity index is 1890.